The lowest BCUT2D eigenvalue weighted by Gasteiger charge is -2.12. The van der Waals surface area contributed by atoms with Gasteiger partial charge in [0.25, 0.3) is 0 Å². The van der Waals surface area contributed by atoms with Crippen molar-refractivity contribution >= 4 is 43.8 Å². The second-order valence-corrected chi connectivity index (χ2v) is 7.68. The monoisotopic (exact) mass is 384 g/mol. The number of H-pyrrole nitrogens is 1. The third-order valence-electron chi connectivity index (χ3n) is 4.99. The molecule has 2 N–H and O–H groups in total. The van der Waals surface area contributed by atoms with Crippen LogP contribution in [0, 0.1) is 18.3 Å². The summed E-state index contributed by atoms with van der Waals surface area (Å²) in [4.78, 5) is 14.1. The number of aromatic nitrogens is 4. The number of imidazole rings is 1. The van der Waals surface area contributed by atoms with Crippen molar-refractivity contribution < 1.29 is 0 Å². The van der Waals surface area contributed by atoms with E-state index in [1.807, 2.05) is 36.1 Å². The number of aromatic amines is 1. The number of thiophene rings is 1. The Labute approximate surface area is 165 Å². The first-order chi connectivity index (χ1) is 13.7. The van der Waals surface area contributed by atoms with Gasteiger partial charge in [0.2, 0.25) is 0 Å². The van der Waals surface area contributed by atoms with Gasteiger partial charge < -0.3 is 14.9 Å². The van der Waals surface area contributed by atoms with Crippen molar-refractivity contribution in [2.45, 2.75) is 6.92 Å². The highest BCUT2D eigenvalue weighted by atomic mass is 32.1. The summed E-state index contributed by atoms with van der Waals surface area (Å²) in [6, 6.07) is 10.5. The lowest BCUT2D eigenvalue weighted by atomic mass is 10.1. The average molecular weight is 384 g/mol. The molecule has 0 radical (unpaired) electrons. The van der Waals surface area contributed by atoms with Gasteiger partial charge in [-0.3, -0.25) is 0 Å². The molecule has 1 aromatic carbocycles. The van der Waals surface area contributed by atoms with Crippen LogP contribution in [-0.4, -0.2) is 19.5 Å². The number of aryl methyl sites for hydroxylation is 2. The number of nitriles is 1. The van der Waals surface area contributed by atoms with Crippen LogP contribution in [0.4, 0.5) is 11.4 Å². The van der Waals surface area contributed by atoms with Crippen LogP contribution in [-0.2, 0) is 7.05 Å². The number of rotatable bonds is 3. The average Bonchev–Trinajstić information content (AvgIpc) is 3.42. The van der Waals surface area contributed by atoms with Crippen LogP contribution in [0.1, 0.15) is 11.1 Å². The molecule has 6 nitrogen and oxygen atoms in total. The summed E-state index contributed by atoms with van der Waals surface area (Å²) in [7, 11) is 1.97. The van der Waals surface area contributed by atoms with Gasteiger partial charge in [0.1, 0.15) is 16.7 Å². The fourth-order valence-electron chi connectivity index (χ4n) is 3.48. The third kappa shape index (κ3) is 2.47. The Hall–Kier alpha value is -3.63. The van der Waals surface area contributed by atoms with Crippen LogP contribution in [0.3, 0.4) is 0 Å². The predicted octanol–water partition coefficient (Wildman–Crippen LogP) is 5.10. The molecule has 4 heterocycles. The highest BCUT2D eigenvalue weighted by molar-refractivity contribution is 7.21. The van der Waals surface area contributed by atoms with E-state index < -0.39 is 0 Å². The van der Waals surface area contributed by atoms with Crippen molar-refractivity contribution in [1.82, 2.24) is 19.5 Å². The zero-order valence-corrected chi connectivity index (χ0v) is 16.1. The second-order valence-electron chi connectivity index (χ2n) is 6.65. The Bertz CT molecular complexity index is 1380. The molecule has 0 aliphatic carbocycles. The SMILES string of the molecule is Cc1c(Nc2c(C#N)cnc3sc(-c4nccn4C)cc23)ccc2[nH]ccc12. The van der Waals surface area contributed by atoms with Gasteiger partial charge in [-0.2, -0.15) is 5.26 Å². The summed E-state index contributed by atoms with van der Waals surface area (Å²) in [5, 5.41) is 15.2. The minimum atomic E-state index is 0.519. The predicted molar refractivity (Wildman–Crippen MR) is 113 cm³/mol. The molecule has 0 spiro atoms. The van der Waals surface area contributed by atoms with E-state index in [4.69, 9.17) is 0 Å². The largest absolute Gasteiger partial charge is 0.361 e. The Balaban J connectivity index is 1.68. The summed E-state index contributed by atoms with van der Waals surface area (Å²) >= 11 is 1.57. The molecule has 0 unspecified atom stereocenters. The van der Waals surface area contributed by atoms with E-state index in [-0.39, 0.29) is 0 Å². The molecule has 0 fully saturated rings. The maximum Gasteiger partial charge on any atom is 0.149 e. The Morgan fingerprint density at radius 2 is 2.11 bits per heavy atom. The van der Waals surface area contributed by atoms with Gasteiger partial charge in [-0.25, -0.2) is 9.97 Å². The van der Waals surface area contributed by atoms with Crippen molar-refractivity contribution in [3.63, 3.8) is 0 Å². The third-order valence-corrected chi connectivity index (χ3v) is 6.03. The summed E-state index contributed by atoms with van der Waals surface area (Å²) < 4.78 is 1.98. The Kier molecular flexibility index (Phi) is 3.67. The van der Waals surface area contributed by atoms with Crippen molar-refractivity contribution in [3.8, 4) is 16.8 Å². The van der Waals surface area contributed by atoms with E-state index in [2.05, 4.69) is 45.4 Å². The Morgan fingerprint density at radius 3 is 2.89 bits per heavy atom. The van der Waals surface area contributed by atoms with Crippen LogP contribution in [0.15, 0.2) is 49.1 Å². The Morgan fingerprint density at radius 1 is 1.21 bits per heavy atom. The van der Waals surface area contributed by atoms with Gasteiger partial charge in [0.05, 0.1) is 16.1 Å². The van der Waals surface area contributed by atoms with Crippen LogP contribution >= 0.6 is 11.3 Å². The van der Waals surface area contributed by atoms with Gasteiger partial charge in [-0.1, -0.05) is 0 Å². The first-order valence-corrected chi connectivity index (χ1v) is 9.61. The van der Waals surface area contributed by atoms with Crippen molar-refractivity contribution in [2.75, 3.05) is 5.32 Å². The molecule has 0 saturated heterocycles. The molecule has 5 rings (SSSR count). The molecule has 28 heavy (non-hydrogen) atoms. The van der Waals surface area contributed by atoms with E-state index in [0.29, 0.717) is 5.56 Å². The molecular weight excluding hydrogens is 368 g/mol. The number of nitrogens with one attached hydrogen (secondary N) is 2. The highest BCUT2D eigenvalue weighted by Gasteiger charge is 2.16. The number of anilines is 2. The summed E-state index contributed by atoms with van der Waals surface area (Å²) in [5.41, 5.74) is 4.50. The highest BCUT2D eigenvalue weighted by Crippen LogP contribution is 2.38. The topological polar surface area (TPSA) is 82.3 Å². The second kappa shape index (κ2) is 6.22. The van der Waals surface area contributed by atoms with E-state index in [0.717, 1.165) is 48.8 Å². The standard InChI is InChI=1S/C21H16N6S/c1-12-14-5-6-23-17(14)4-3-16(12)26-19-13(10-22)11-25-21-15(19)9-18(28-21)20-24-7-8-27(20)2/h3-9,11,23H,1-2H3,(H,25,26). The fourth-order valence-corrected chi connectivity index (χ4v) is 4.53. The molecule has 0 atom stereocenters. The van der Waals surface area contributed by atoms with Gasteiger partial charge >= 0.3 is 0 Å². The van der Waals surface area contributed by atoms with Crippen LogP contribution < -0.4 is 5.32 Å². The zero-order valence-electron chi connectivity index (χ0n) is 15.3. The number of hydrogen-bond acceptors (Lipinski definition) is 5. The van der Waals surface area contributed by atoms with E-state index in [9.17, 15) is 5.26 Å². The summed E-state index contributed by atoms with van der Waals surface area (Å²) in [5.74, 6) is 0.886. The molecule has 7 heteroatoms. The molecule has 0 aliphatic heterocycles. The van der Waals surface area contributed by atoms with E-state index in [1.54, 1.807) is 23.7 Å². The van der Waals surface area contributed by atoms with Crippen LogP contribution in [0.5, 0.6) is 0 Å². The minimum Gasteiger partial charge on any atom is -0.361 e. The normalized spacial score (nSPS) is 11.2. The van der Waals surface area contributed by atoms with Gasteiger partial charge in [-0.15, -0.1) is 11.3 Å². The number of fused-ring (bicyclic) bond motifs is 2. The summed E-state index contributed by atoms with van der Waals surface area (Å²) in [6.07, 6.45) is 7.27. The molecule has 5 aromatic rings. The van der Waals surface area contributed by atoms with Crippen LogP contribution in [0.25, 0.3) is 31.8 Å². The molecule has 0 aliphatic rings. The van der Waals surface area contributed by atoms with Gasteiger partial charge in [0, 0.05) is 53.8 Å². The smallest absolute Gasteiger partial charge is 0.149 e. The van der Waals surface area contributed by atoms with Crippen molar-refractivity contribution in [1.29, 1.82) is 5.26 Å². The zero-order chi connectivity index (χ0) is 19.3. The summed E-state index contributed by atoms with van der Waals surface area (Å²) in [6.45, 7) is 2.08. The fraction of sp³-hybridized carbons (Fsp3) is 0.0952. The first-order valence-electron chi connectivity index (χ1n) is 8.80. The molecule has 0 bridgehead atoms. The number of pyridine rings is 1. The first kappa shape index (κ1) is 16.5. The van der Waals surface area contributed by atoms with Gasteiger partial charge in [-0.05, 0) is 36.8 Å². The van der Waals surface area contributed by atoms with E-state index in [1.165, 1.54) is 0 Å². The molecular formula is C21H16N6S. The van der Waals surface area contributed by atoms with Crippen LogP contribution in [0.2, 0.25) is 0 Å². The van der Waals surface area contributed by atoms with Crippen molar-refractivity contribution in [2.24, 2.45) is 7.05 Å². The van der Waals surface area contributed by atoms with Crippen molar-refractivity contribution in [3.05, 3.63) is 60.2 Å². The quantitative estimate of drug-likeness (QED) is 0.453. The number of benzene rings is 1. The van der Waals surface area contributed by atoms with E-state index >= 15 is 0 Å². The molecule has 136 valence electrons. The lowest BCUT2D eigenvalue weighted by molar-refractivity contribution is 0.928. The maximum atomic E-state index is 9.65. The van der Waals surface area contributed by atoms with Gasteiger partial charge in [0.15, 0.2) is 0 Å². The maximum absolute atomic E-state index is 9.65. The number of nitrogens with zero attached hydrogens (tertiary/aromatic N) is 4. The minimum absolute atomic E-state index is 0.519. The lowest BCUT2D eigenvalue weighted by Crippen LogP contribution is -1.97. The molecule has 0 saturated carbocycles. The molecule has 4 aromatic heterocycles. The number of hydrogen-bond donors (Lipinski definition) is 2. The molecule has 0 amide bonds.